The van der Waals surface area contributed by atoms with E-state index in [1.165, 1.54) is 0 Å². The number of carbonyl (C=O) groups excluding carboxylic acids is 1. The monoisotopic (exact) mass is 241 g/mol. The van der Waals surface area contributed by atoms with Crippen molar-refractivity contribution in [2.75, 3.05) is 0 Å². The van der Waals surface area contributed by atoms with E-state index < -0.39 is 16.8 Å². The van der Waals surface area contributed by atoms with Gasteiger partial charge in [-0.15, -0.1) is 0 Å². The fraction of sp³-hybridized carbons (Fsp3) is 0.846. The van der Waals surface area contributed by atoms with Crippen LogP contribution in [0.25, 0.3) is 0 Å². The van der Waals surface area contributed by atoms with E-state index in [-0.39, 0.29) is 11.9 Å². The maximum atomic E-state index is 11.9. The first-order valence-corrected chi connectivity index (χ1v) is 6.22. The standard InChI is InChI=1S/C13H23NO3/c1-12(2,3)10(15)14-9-7-5-6-8-13(9,4)11(16)17/h9H,5-8H2,1-4H3,(H,14,15)(H,16,17). The maximum Gasteiger partial charge on any atom is 0.311 e. The number of carbonyl (C=O) groups is 2. The molecule has 4 nitrogen and oxygen atoms in total. The molecule has 0 aromatic rings. The molecule has 0 aromatic carbocycles. The molecule has 4 heteroatoms. The molecule has 2 atom stereocenters. The molecule has 0 bridgehead atoms. The molecule has 2 unspecified atom stereocenters. The van der Waals surface area contributed by atoms with Gasteiger partial charge in [-0.2, -0.15) is 0 Å². The summed E-state index contributed by atoms with van der Waals surface area (Å²) >= 11 is 0. The van der Waals surface area contributed by atoms with Crippen LogP contribution < -0.4 is 5.32 Å². The third-order valence-corrected chi connectivity index (χ3v) is 3.68. The Bertz CT molecular complexity index is 319. The van der Waals surface area contributed by atoms with E-state index in [0.717, 1.165) is 19.3 Å². The average molecular weight is 241 g/mol. The first-order valence-electron chi connectivity index (χ1n) is 6.22. The molecule has 0 aromatic heterocycles. The molecule has 98 valence electrons. The minimum absolute atomic E-state index is 0.0723. The zero-order chi connectivity index (χ0) is 13.3. The van der Waals surface area contributed by atoms with E-state index in [4.69, 9.17) is 0 Å². The highest BCUT2D eigenvalue weighted by molar-refractivity contribution is 5.83. The summed E-state index contributed by atoms with van der Waals surface area (Å²) in [5.74, 6) is -0.881. The van der Waals surface area contributed by atoms with Crippen molar-refractivity contribution in [1.82, 2.24) is 5.32 Å². The van der Waals surface area contributed by atoms with Crippen LogP contribution in [0.5, 0.6) is 0 Å². The number of amides is 1. The van der Waals surface area contributed by atoms with E-state index in [1.807, 2.05) is 20.8 Å². The number of carboxylic acids is 1. The molecule has 1 aliphatic carbocycles. The van der Waals surface area contributed by atoms with Crippen LogP contribution in [0.2, 0.25) is 0 Å². The van der Waals surface area contributed by atoms with Gasteiger partial charge in [-0.05, 0) is 19.8 Å². The third-order valence-electron chi connectivity index (χ3n) is 3.68. The van der Waals surface area contributed by atoms with Crippen LogP contribution in [0.3, 0.4) is 0 Å². The van der Waals surface area contributed by atoms with Crippen molar-refractivity contribution in [2.45, 2.75) is 59.4 Å². The second-order valence-corrected chi connectivity index (χ2v) is 6.24. The molecule has 2 N–H and O–H groups in total. The molecule has 1 aliphatic rings. The van der Waals surface area contributed by atoms with Crippen molar-refractivity contribution in [1.29, 1.82) is 0 Å². The summed E-state index contributed by atoms with van der Waals surface area (Å²) in [6.07, 6.45) is 3.30. The molecule has 1 fully saturated rings. The van der Waals surface area contributed by atoms with Crippen LogP contribution in [-0.2, 0) is 9.59 Å². The number of rotatable bonds is 2. The second-order valence-electron chi connectivity index (χ2n) is 6.24. The molecule has 0 radical (unpaired) electrons. The van der Waals surface area contributed by atoms with E-state index in [1.54, 1.807) is 6.92 Å². The zero-order valence-corrected chi connectivity index (χ0v) is 11.2. The van der Waals surface area contributed by atoms with Gasteiger partial charge in [0.25, 0.3) is 0 Å². The van der Waals surface area contributed by atoms with Gasteiger partial charge < -0.3 is 10.4 Å². The summed E-state index contributed by atoms with van der Waals surface area (Å²) in [4.78, 5) is 23.3. The SMILES string of the molecule is CC(C)(C)C(=O)NC1CCCCC1(C)C(=O)O. The predicted molar refractivity (Wildman–Crippen MR) is 65.6 cm³/mol. The first-order chi connectivity index (χ1) is 7.68. The van der Waals surface area contributed by atoms with Crippen LogP contribution in [0, 0.1) is 10.8 Å². The summed E-state index contributed by atoms with van der Waals surface area (Å²) in [7, 11) is 0. The summed E-state index contributed by atoms with van der Waals surface area (Å²) in [5, 5.41) is 12.2. The Kier molecular flexibility index (Phi) is 3.84. The van der Waals surface area contributed by atoms with Crippen molar-refractivity contribution in [3.05, 3.63) is 0 Å². The quantitative estimate of drug-likeness (QED) is 0.778. The maximum absolute atomic E-state index is 11.9. The number of hydrogen-bond donors (Lipinski definition) is 2. The summed E-state index contributed by atoms with van der Waals surface area (Å²) < 4.78 is 0. The molecule has 0 saturated heterocycles. The normalized spacial score (nSPS) is 29.8. The number of hydrogen-bond acceptors (Lipinski definition) is 2. The largest absolute Gasteiger partial charge is 0.481 e. The number of nitrogens with one attached hydrogen (secondary N) is 1. The minimum atomic E-state index is -0.820. The van der Waals surface area contributed by atoms with Gasteiger partial charge in [-0.25, -0.2) is 0 Å². The first kappa shape index (κ1) is 14.0. The smallest absolute Gasteiger partial charge is 0.311 e. The summed E-state index contributed by atoms with van der Waals surface area (Å²) in [6, 6.07) is -0.250. The Balaban J connectivity index is 2.80. The van der Waals surface area contributed by atoms with Crippen molar-refractivity contribution >= 4 is 11.9 Å². The molecule has 0 spiro atoms. The average Bonchev–Trinajstić information content (AvgIpc) is 2.19. The van der Waals surface area contributed by atoms with Gasteiger partial charge in [0.1, 0.15) is 0 Å². The Morgan fingerprint density at radius 3 is 2.35 bits per heavy atom. The fourth-order valence-electron chi connectivity index (χ4n) is 2.20. The molecule has 1 amide bonds. The van der Waals surface area contributed by atoms with E-state index in [2.05, 4.69) is 5.32 Å². The van der Waals surface area contributed by atoms with Crippen LogP contribution in [0.4, 0.5) is 0 Å². The summed E-state index contributed by atoms with van der Waals surface area (Å²) in [6.45, 7) is 7.25. The van der Waals surface area contributed by atoms with Crippen LogP contribution >= 0.6 is 0 Å². The Morgan fingerprint density at radius 1 is 1.29 bits per heavy atom. The topological polar surface area (TPSA) is 66.4 Å². The number of carboxylic acid groups (broad SMARTS) is 1. The van der Waals surface area contributed by atoms with Gasteiger partial charge >= 0.3 is 5.97 Å². The van der Waals surface area contributed by atoms with Crippen LogP contribution in [0.1, 0.15) is 53.4 Å². The van der Waals surface area contributed by atoms with Gasteiger partial charge in [-0.1, -0.05) is 33.6 Å². The van der Waals surface area contributed by atoms with E-state index >= 15 is 0 Å². The van der Waals surface area contributed by atoms with Crippen molar-refractivity contribution in [2.24, 2.45) is 10.8 Å². The second kappa shape index (κ2) is 4.67. The molecule has 1 rings (SSSR count). The Morgan fingerprint density at radius 2 is 1.88 bits per heavy atom. The molecular formula is C13H23NO3. The van der Waals surface area contributed by atoms with Crippen molar-refractivity contribution in [3.63, 3.8) is 0 Å². The highest BCUT2D eigenvalue weighted by Crippen LogP contribution is 2.36. The van der Waals surface area contributed by atoms with Crippen LogP contribution in [-0.4, -0.2) is 23.0 Å². The van der Waals surface area contributed by atoms with E-state index in [0.29, 0.717) is 6.42 Å². The highest BCUT2D eigenvalue weighted by Gasteiger charge is 2.44. The lowest BCUT2D eigenvalue weighted by molar-refractivity contribution is -0.152. The van der Waals surface area contributed by atoms with E-state index in [9.17, 15) is 14.7 Å². The molecular weight excluding hydrogens is 218 g/mol. The molecule has 17 heavy (non-hydrogen) atoms. The molecule has 1 saturated carbocycles. The Labute approximate surface area is 103 Å². The lowest BCUT2D eigenvalue weighted by atomic mass is 9.71. The predicted octanol–water partition coefficient (Wildman–Crippen LogP) is 2.18. The lowest BCUT2D eigenvalue weighted by Crippen LogP contribution is -2.54. The van der Waals surface area contributed by atoms with Gasteiger partial charge in [0.2, 0.25) is 5.91 Å². The van der Waals surface area contributed by atoms with Crippen LogP contribution in [0.15, 0.2) is 0 Å². The fourth-order valence-corrected chi connectivity index (χ4v) is 2.20. The van der Waals surface area contributed by atoms with Crippen molar-refractivity contribution < 1.29 is 14.7 Å². The van der Waals surface area contributed by atoms with Gasteiger partial charge in [0.15, 0.2) is 0 Å². The highest BCUT2D eigenvalue weighted by atomic mass is 16.4. The molecule has 0 heterocycles. The van der Waals surface area contributed by atoms with Gasteiger partial charge in [0.05, 0.1) is 5.41 Å². The number of aliphatic carboxylic acids is 1. The lowest BCUT2D eigenvalue weighted by Gasteiger charge is -2.39. The zero-order valence-electron chi connectivity index (χ0n) is 11.2. The minimum Gasteiger partial charge on any atom is -0.481 e. The molecule has 0 aliphatic heterocycles. The third kappa shape index (κ3) is 2.99. The Hall–Kier alpha value is -1.06. The van der Waals surface area contributed by atoms with Gasteiger partial charge in [0, 0.05) is 11.5 Å². The van der Waals surface area contributed by atoms with Crippen molar-refractivity contribution in [3.8, 4) is 0 Å². The summed E-state index contributed by atoms with van der Waals surface area (Å²) in [5.41, 5.74) is -1.30. The van der Waals surface area contributed by atoms with Gasteiger partial charge in [-0.3, -0.25) is 9.59 Å².